The summed E-state index contributed by atoms with van der Waals surface area (Å²) in [4.78, 5) is 2.58. The lowest BCUT2D eigenvalue weighted by Crippen LogP contribution is -2.39. The van der Waals surface area contributed by atoms with Gasteiger partial charge in [0.15, 0.2) is 0 Å². The van der Waals surface area contributed by atoms with Crippen molar-refractivity contribution >= 4 is 5.69 Å². The third kappa shape index (κ3) is 4.22. The number of benzene rings is 1. The molecule has 1 heterocycles. The van der Waals surface area contributed by atoms with Gasteiger partial charge in [-0.05, 0) is 69.4 Å². The van der Waals surface area contributed by atoms with Gasteiger partial charge in [-0.2, -0.15) is 0 Å². The van der Waals surface area contributed by atoms with Crippen molar-refractivity contribution < 1.29 is 5.11 Å². The van der Waals surface area contributed by atoms with Crippen molar-refractivity contribution in [1.29, 1.82) is 0 Å². The Morgan fingerprint density at radius 3 is 2.45 bits per heavy atom. The molecule has 3 nitrogen and oxygen atoms in total. The van der Waals surface area contributed by atoms with E-state index in [9.17, 15) is 0 Å². The Morgan fingerprint density at radius 2 is 1.90 bits per heavy atom. The van der Waals surface area contributed by atoms with Gasteiger partial charge >= 0.3 is 0 Å². The number of nitrogens with zero attached hydrogens (tertiary/aromatic N) is 1. The van der Waals surface area contributed by atoms with E-state index < -0.39 is 0 Å². The number of aliphatic hydroxyl groups excluding tert-OH is 1. The summed E-state index contributed by atoms with van der Waals surface area (Å²) in [5, 5.41) is 12.7. The molecule has 0 aliphatic carbocycles. The van der Waals surface area contributed by atoms with E-state index in [2.05, 4.69) is 36.2 Å². The Labute approximate surface area is 123 Å². The first kappa shape index (κ1) is 15.3. The van der Waals surface area contributed by atoms with E-state index in [1.54, 1.807) is 0 Å². The molecular weight excluding hydrogens is 248 g/mol. The fourth-order valence-electron chi connectivity index (χ4n) is 3.08. The predicted octanol–water partition coefficient (Wildman–Crippen LogP) is 3.10. The van der Waals surface area contributed by atoms with Crippen molar-refractivity contribution in [2.45, 2.75) is 45.8 Å². The molecule has 1 saturated heterocycles. The number of hydrogen-bond acceptors (Lipinski definition) is 3. The normalized spacial score (nSPS) is 18.9. The fraction of sp³-hybridized carbons (Fsp3) is 0.647. The van der Waals surface area contributed by atoms with E-state index in [1.807, 2.05) is 12.1 Å². The van der Waals surface area contributed by atoms with Gasteiger partial charge in [-0.1, -0.05) is 19.1 Å². The second kappa shape index (κ2) is 7.65. The third-order valence-corrected chi connectivity index (χ3v) is 4.41. The molecule has 2 N–H and O–H groups in total. The number of aliphatic hydroxyl groups is 1. The van der Waals surface area contributed by atoms with E-state index in [1.165, 1.54) is 38.9 Å². The number of rotatable bonds is 6. The maximum atomic E-state index is 9.06. The SMILES string of the molecule is CCCN1CCC(C(C)Nc2ccc(CO)cc2)CC1. The highest BCUT2D eigenvalue weighted by Crippen LogP contribution is 2.23. The molecule has 2 rings (SSSR count). The van der Waals surface area contributed by atoms with Crippen LogP contribution in [0.2, 0.25) is 0 Å². The molecule has 1 atom stereocenters. The lowest BCUT2D eigenvalue weighted by atomic mass is 9.90. The molecule has 1 aliphatic rings. The topological polar surface area (TPSA) is 35.5 Å². The van der Waals surface area contributed by atoms with Crippen LogP contribution in [-0.4, -0.2) is 35.7 Å². The minimum atomic E-state index is 0.117. The zero-order valence-corrected chi connectivity index (χ0v) is 12.8. The molecule has 0 aromatic heterocycles. The summed E-state index contributed by atoms with van der Waals surface area (Å²) in [6, 6.07) is 8.61. The van der Waals surface area contributed by atoms with Crippen LogP contribution in [-0.2, 0) is 6.61 Å². The van der Waals surface area contributed by atoms with Crippen LogP contribution in [0.15, 0.2) is 24.3 Å². The summed E-state index contributed by atoms with van der Waals surface area (Å²) in [6.07, 6.45) is 3.85. The monoisotopic (exact) mass is 276 g/mol. The van der Waals surface area contributed by atoms with Gasteiger partial charge in [0, 0.05) is 11.7 Å². The first-order valence-corrected chi connectivity index (χ1v) is 7.91. The molecule has 0 spiro atoms. The molecule has 0 radical (unpaired) electrons. The van der Waals surface area contributed by atoms with E-state index in [0.29, 0.717) is 6.04 Å². The van der Waals surface area contributed by atoms with E-state index in [4.69, 9.17) is 5.11 Å². The number of piperidine rings is 1. The summed E-state index contributed by atoms with van der Waals surface area (Å²) in [7, 11) is 0. The van der Waals surface area contributed by atoms with Crippen LogP contribution in [0.3, 0.4) is 0 Å². The maximum Gasteiger partial charge on any atom is 0.0681 e. The highest BCUT2D eigenvalue weighted by atomic mass is 16.3. The van der Waals surface area contributed by atoms with Crippen LogP contribution in [0, 0.1) is 5.92 Å². The molecule has 1 unspecified atom stereocenters. The van der Waals surface area contributed by atoms with Crippen LogP contribution in [0.1, 0.15) is 38.7 Å². The van der Waals surface area contributed by atoms with Gasteiger partial charge in [-0.15, -0.1) is 0 Å². The van der Waals surface area contributed by atoms with Crippen LogP contribution >= 0.6 is 0 Å². The molecule has 3 heteroatoms. The highest BCUT2D eigenvalue weighted by molar-refractivity contribution is 5.45. The second-order valence-electron chi connectivity index (χ2n) is 5.97. The molecule has 0 amide bonds. The van der Waals surface area contributed by atoms with Crippen molar-refractivity contribution in [3.63, 3.8) is 0 Å². The smallest absolute Gasteiger partial charge is 0.0681 e. The molecule has 1 fully saturated rings. The van der Waals surface area contributed by atoms with Crippen molar-refractivity contribution in [3.05, 3.63) is 29.8 Å². The average Bonchev–Trinajstić information content (AvgIpc) is 2.49. The minimum absolute atomic E-state index is 0.117. The Balaban J connectivity index is 1.81. The molecule has 1 aromatic rings. The number of likely N-dealkylation sites (tertiary alicyclic amines) is 1. The number of nitrogens with one attached hydrogen (secondary N) is 1. The molecule has 1 aliphatic heterocycles. The molecule has 1 aromatic carbocycles. The van der Waals surface area contributed by atoms with Gasteiger partial charge in [0.1, 0.15) is 0 Å². The van der Waals surface area contributed by atoms with Crippen LogP contribution in [0.5, 0.6) is 0 Å². The summed E-state index contributed by atoms with van der Waals surface area (Å²) < 4.78 is 0. The lowest BCUT2D eigenvalue weighted by Gasteiger charge is -2.35. The van der Waals surface area contributed by atoms with Gasteiger partial charge in [0.25, 0.3) is 0 Å². The molecule has 112 valence electrons. The quantitative estimate of drug-likeness (QED) is 0.838. The van der Waals surface area contributed by atoms with Crippen molar-refractivity contribution in [3.8, 4) is 0 Å². The second-order valence-corrected chi connectivity index (χ2v) is 5.97. The van der Waals surface area contributed by atoms with E-state index >= 15 is 0 Å². The van der Waals surface area contributed by atoms with Gasteiger partial charge in [0.2, 0.25) is 0 Å². The Bertz CT molecular complexity index is 382. The molecule has 20 heavy (non-hydrogen) atoms. The zero-order chi connectivity index (χ0) is 14.4. The maximum absolute atomic E-state index is 9.06. The Kier molecular flexibility index (Phi) is 5.86. The largest absolute Gasteiger partial charge is 0.392 e. The molecular formula is C17H28N2O. The van der Waals surface area contributed by atoms with Crippen LogP contribution in [0.4, 0.5) is 5.69 Å². The Morgan fingerprint density at radius 1 is 1.25 bits per heavy atom. The number of hydrogen-bond donors (Lipinski definition) is 2. The summed E-state index contributed by atoms with van der Waals surface area (Å²) in [5.74, 6) is 0.764. The van der Waals surface area contributed by atoms with E-state index in [0.717, 1.165) is 17.2 Å². The van der Waals surface area contributed by atoms with Gasteiger partial charge < -0.3 is 15.3 Å². The standard InChI is InChI=1S/C17H28N2O/c1-3-10-19-11-8-16(9-12-19)14(2)18-17-6-4-15(13-20)5-7-17/h4-7,14,16,18,20H,3,8-13H2,1-2H3. The fourth-order valence-corrected chi connectivity index (χ4v) is 3.08. The highest BCUT2D eigenvalue weighted by Gasteiger charge is 2.23. The first-order valence-electron chi connectivity index (χ1n) is 7.91. The van der Waals surface area contributed by atoms with Crippen molar-refractivity contribution in [1.82, 2.24) is 4.90 Å². The van der Waals surface area contributed by atoms with Gasteiger partial charge in [-0.25, -0.2) is 0 Å². The third-order valence-electron chi connectivity index (χ3n) is 4.41. The van der Waals surface area contributed by atoms with Crippen LogP contribution < -0.4 is 5.32 Å². The summed E-state index contributed by atoms with van der Waals surface area (Å²) in [5.41, 5.74) is 2.13. The molecule has 0 saturated carbocycles. The first-order chi connectivity index (χ1) is 9.72. The molecule has 0 bridgehead atoms. The van der Waals surface area contributed by atoms with Gasteiger partial charge in [0.05, 0.1) is 6.61 Å². The van der Waals surface area contributed by atoms with Crippen molar-refractivity contribution in [2.75, 3.05) is 25.0 Å². The van der Waals surface area contributed by atoms with Crippen LogP contribution in [0.25, 0.3) is 0 Å². The van der Waals surface area contributed by atoms with Gasteiger partial charge in [-0.3, -0.25) is 0 Å². The Hall–Kier alpha value is -1.06. The lowest BCUT2D eigenvalue weighted by molar-refractivity contribution is 0.176. The predicted molar refractivity (Wildman–Crippen MR) is 84.9 cm³/mol. The number of anilines is 1. The average molecular weight is 276 g/mol. The minimum Gasteiger partial charge on any atom is -0.392 e. The summed E-state index contributed by atoms with van der Waals surface area (Å²) in [6.45, 7) is 8.40. The van der Waals surface area contributed by atoms with E-state index in [-0.39, 0.29) is 6.61 Å². The zero-order valence-electron chi connectivity index (χ0n) is 12.8. The van der Waals surface area contributed by atoms with Crippen molar-refractivity contribution in [2.24, 2.45) is 5.92 Å². The summed E-state index contributed by atoms with van der Waals surface area (Å²) >= 11 is 0.